The number of ketones is 1. The molecule has 0 bridgehead atoms. The molecule has 0 radical (unpaired) electrons. The van der Waals surface area contributed by atoms with Crippen LogP contribution < -0.4 is 5.32 Å². The summed E-state index contributed by atoms with van der Waals surface area (Å²) in [5, 5.41) is 2.65. The number of alkyl halides is 1. The van der Waals surface area contributed by atoms with Gasteiger partial charge < -0.3 is 10.1 Å². The first-order chi connectivity index (χ1) is 7.80. The normalized spacial score (nSPS) is 13.0. The second-order valence-corrected chi connectivity index (χ2v) is 5.28. The third-order valence-electron chi connectivity index (χ3n) is 2.04. The van der Waals surface area contributed by atoms with E-state index in [1.807, 2.05) is 27.7 Å². The number of hydrogen-bond donors (Lipinski definition) is 1. The molecule has 0 spiro atoms. The van der Waals surface area contributed by atoms with Crippen LogP contribution in [0.15, 0.2) is 0 Å². The number of carbonyl (C=O) groups is 2. The van der Waals surface area contributed by atoms with Crippen LogP contribution in [0.25, 0.3) is 0 Å². The van der Waals surface area contributed by atoms with Gasteiger partial charge in [0.15, 0.2) is 11.9 Å². The van der Waals surface area contributed by atoms with Gasteiger partial charge in [0.1, 0.15) is 0 Å². The maximum Gasteiger partial charge on any atom is 0.408 e. The van der Waals surface area contributed by atoms with Crippen molar-refractivity contribution in [2.75, 3.05) is 5.88 Å². The van der Waals surface area contributed by atoms with Gasteiger partial charge in [0.05, 0.1) is 5.88 Å². The summed E-state index contributed by atoms with van der Waals surface area (Å²) in [4.78, 5) is 23.0. The SMILES string of the molecule is CCCC[C@H](OC(=O)NC(C)(C)C)C(=O)CCl. The summed E-state index contributed by atoms with van der Waals surface area (Å²) < 4.78 is 5.10. The van der Waals surface area contributed by atoms with E-state index in [0.29, 0.717) is 6.42 Å². The monoisotopic (exact) mass is 263 g/mol. The maximum absolute atomic E-state index is 11.5. The fourth-order valence-electron chi connectivity index (χ4n) is 1.23. The Balaban J connectivity index is 4.32. The van der Waals surface area contributed by atoms with E-state index in [1.54, 1.807) is 0 Å². The van der Waals surface area contributed by atoms with Crippen LogP contribution in [0.5, 0.6) is 0 Å². The van der Waals surface area contributed by atoms with E-state index in [9.17, 15) is 9.59 Å². The van der Waals surface area contributed by atoms with Crippen molar-refractivity contribution in [3.8, 4) is 0 Å². The van der Waals surface area contributed by atoms with Crippen LogP contribution in [-0.2, 0) is 9.53 Å². The highest BCUT2D eigenvalue weighted by Gasteiger charge is 2.23. The molecule has 0 saturated heterocycles. The number of unbranched alkanes of at least 4 members (excludes halogenated alkanes) is 1. The lowest BCUT2D eigenvalue weighted by molar-refractivity contribution is -0.125. The molecule has 0 aliphatic rings. The molecular weight excluding hydrogens is 242 g/mol. The highest BCUT2D eigenvalue weighted by atomic mass is 35.5. The summed E-state index contributed by atoms with van der Waals surface area (Å²) in [6, 6.07) is 0. The van der Waals surface area contributed by atoms with Crippen LogP contribution in [0.2, 0.25) is 0 Å². The molecule has 1 atom stereocenters. The Hall–Kier alpha value is -0.770. The number of halogens is 1. The van der Waals surface area contributed by atoms with Gasteiger partial charge in [0, 0.05) is 5.54 Å². The Bertz CT molecular complexity index is 261. The first-order valence-electron chi connectivity index (χ1n) is 5.87. The molecular formula is C12H22ClNO3. The summed E-state index contributed by atoms with van der Waals surface area (Å²) in [5.41, 5.74) is -0.379. The first kappa shape index (κ1) is 16.2. The van der Waals surface area contributed by atoms with E-state index in [2.05, 4.69) is 5.32 Å². The number of amides is 1. The molecule has 4 nitrogen and oxygen atoms in total. The van der Waals surface area contributed by atoms with Crippen molar-refractivity contribution >= 4 is 23.5 Å². The Kier molecular flexibility index (Phi) is 7.19. The third-order valence-corrected chi connectivity index (χ3v) is 2.30. The van der Waals surface area contributed by atoms with Crippen molar-refractivity contribution in [3.05, 3.63) is 0 Å². The molecule has 0 aliphatic heterocycles. The van der Waals surface area contributed by atoms with Crippen molar-refractivity contribution in [2.24, 2.45) is 0 Å². The number of Topliss-reactive ketones (excluding diaryl/α,β-unsaturated/α-hetero) is 1. The van der Waals surface area contributed by atoms with E-state index in [-0.39, 0.29) is 17.2 Å². The van der Waals surface area contributed by atoms with E-state index >= 15 is 0 Å². The Labute approximate surface area is 108 Å². The number of nitrogens with one attached hydrogen (secondary N) is 1. The lowest BCUT2D eigenvalue weighted by Gasteiger charge is -2.22. The van der Waals surface area contributed by atoms with Gasteiger partial charge in [-0.2, -0.15) is 0 Å². The predicted molar refractivity (Wildman–Crippen MR) is 68.4 cm³/mol. The van der Waals surface area contributed by atoms with E-state index in [0.717, 1.165) is 12.8 Å². The Morgan fingerprint density at radius 3 is 2.35 bits per heavy atom. The highest BCUT2D eigenvalue weighted by molar-refractivity contribution is 6.28. The molecule has 0 aromatic heterocycles. The number of rotatable bonds is 6. The van der Waals surface area contributed by atoms with E-state index in [1.165, 1.54) is 0 Å². The molecule has 0 rings (SSSR count). The van der Waals surface area contributed by atoms with Gasteiger partial charge in [0.2, 0.25) is 0 Å². The van der Waals surface area contributed by atoms with Crippen LogP contribution >= 0.6 is 11.6 Å². The minimum atomic E-state index is -0.727. The van der Waals surface area contributed by atoms with Crippen molar-refractivity contribution in [3.63, 3.8) is 0 Å². The van der Waals surface area contributed by atoms with Crippen molar-refractivity contribution in [1.29, 1.82) is 0 Å². The van der Waals surface area contributed by atoms with Crippen LogP contribution in [0.3, 0.4) is 0 Å². The van der Waals surface area contributed by atoms with Gasteiger partial charge in [-0.15, -0.1) is 11.6 Å². The van der Waals surface area contributed by atoms with Crippen molar-refractivity contribution < 1.29 is 14.3 Å². The molecule has 100 valence electrons. The molecule has 0 unspecified atom stereocenters. The minimum absolute atomic E-state index is 0.128. The molecule has 0 heterocycles. The Morgan fingerprint density at radius 1 is 1.35 bits per heavy atom. The fraction of sp³-hybridized carbons (Fsp3) is 0.833. The zero-order chi connectivity index (χ0) is 13.5. The average Bonchev–Trinajstić information content (AvgIpc) is 2.20. The number of ether oxygens (including phenoxy) is 1. The first-order valence-corrected chi connectivity index (χ1v) is 6.41. The van der Waals surface area contributed by atoms with Crippen LogP contribution in [-0.4, -0.2) is 29.4 Å². The van der Waals surface area contributed by atoms with Crippen LogP contribution in [0, 0.1) is 0 Å². The van der Waals surface area contributed by atoms with Crippen molar-refractivity contribution in [1.82, 2.24) is 5.32 Å². The molecule has 0 aromatic rings. The molecule has 0 fully saturated rings. The second kappa shape index (κ2) is 7.54. The number of hydrogen-bond acceptors (Lipinski definition) is 3. The molecule has 0 aromatic carbocycles. The van der Waals surface area contributed by atoms with Gasteiger partial charge in [-0.1, -0.05) is 13.3 Å². The van der Waals surface area contributed by atoms with Crippen molar-refractivity contribution in [2.45, 2.75) is 58.6 Å². The molecule has 17 heavy (non-hydrogen) atoms. The van der Waals surface area contributed by atoms with Crippen LogP contribution in [0.1, 0.15) is 47.0 Å². The summed E-state index contributed by atoms with van der Waals surface area (Å²) in [6.45, 7) is 7.55. The smallest absolute Gasteiger partial charge is 0.408 e. The van der Waals surface area contributed by atoms with Gasteiger partial charge in [-0.3, -0.25) is 4.79 Å². The Morgan fingerprint density at radius 2 is 1.94 bits per heavy atom. The fourth-order valence-corrected chi connectivity index (χ4v) is 1.40. The standard InChI is InChI=1S/C12H22ClNO3/c1-5-6-7-10(9(15)8-13)17-11(16)14-12(2,3)4/h10H,5-8H2,1-4H3,(H,14,16)/t10-/m0/s1. The molecule has 5 heteroatoms. The van der Waals surface area contributed by atoms with Gasteiger partial charge in [-0.25, -0.2) is 4.79 Å². The largest absolute Gasteiger partial charge is 0.438 e. The van der Waals surface area contributed by atoms with Crippen LogP contribution in [0.4, 0.5) is 4.79 Å². The minimum Gasteiger partial charge on any atom is -0.438 e. The third kappa shape index (κ3) is 8.02. The number of alkyl carbamates (subject to hydrolysis) is 1. The van der Waals surface area contributed by atoms with E-state index in [4.69, 9.17) is 16.3 Å². The topological polar surface area (TPSA) is 55.4 Å². The summed E-state index contributed by atoms with van der Waals surface area (Å²) in [6.07, 6.45) is 0.998. The summed E-state index contributed by atoms with van der Waals surface area (Å²) in [7, 11) is 0. The van der Waals surface area contributed by atoms with Gasteiger partial charge in [-0.05, 0) is 33.6 Å². The molecule has 1 N–H and O–H groups in total. The van der Waals surface area contributed by atoms with E-state index < -0.39 is 12.2 Å². The highest BCUT2D eigenvalue weighted by Crippen LogP contribution is 2.09. The van der Waals surface area contributed by atoms with Gasteiger partial charge in [0.25, 0.3) is 0 Å². The average molecular weight is 264 g/mol. The molecule has 1 amide bonds. The lowest BCUT2D eigenvalue weighted by Crippen LogP contribution is -2.43. The zero-order valence-electron chi connectivity index (χ0n) is 11.0. The summed E-state index contributed by atoms with van der Waals surface area (Å²) in [5.74, 6) is -0.374. The lowest BCUT2D eigenvalue weighted by atomic mass is 10.1. The predicted octanol–water partition coefficient (Wildman–Crippen LogP) is 2.88. The molecule has 0 aliphatic carbocycles. The maximum atomic E-state index is 11.5. The zero-order valence-corrected chi connectivity index (χ0v) is 11.8. The second-order valence-electron chi connectivity index (χ2n) is 5.01. The summed E-state index contributed by atoms with van der Waals surface area (Å²) >= 11 is 5.48. The quantitative estimate of drug-likeness (QED) is 0.750. The molecule has 0 saturated carbocycles. The number of carbonyl (C=O) groups excluding carboxylic acids is 2. The van der Waals surface area contributed by atoms with Gasteiger partial charge >= 0.3 is 6.09 Å².